The third-order valence-corrected chi connectivity index (χ3v) is 7.17. The summed E-state index contributed by atoms with van der Waals surface area (Å²) < 4.78 is 52.6. The second-order valence-electron chi connectivity index (χ2n) is 5.76. The molecule has 1 aromatic carbocycles. The molecule has 0 saturated carbocycles. The average Bonchev–Trinajstić information content (AvgIpc) is 2.45. The van der Waals surface area contributed by atoms with Gasteiger partial charge in [0.25, 0.3) is 0 Å². The molecule has 6 nitrogen and oxygen atoms in total. The van der Waals surface area contributed by atoms with E-state index in [1.807, 2.05) is 13.0 Å². The predicted octanol–water partition coefficient (Wildman–Crippen LogP) is 2.33. The molecule has 0 aliphatic carbocycles. The van der Waals surface area contributed by atoms with Gasteiger partial charge in [0, 0.05) is 6.54 Å². The average molecular weight is 361 g/mol. The Bertz CT molecular complexity index is 758. The Morgan fingerprint density at radius 2 is 1.78 bits per heavy atom. The van der Waals surface area contributed by atoms with Crippen LogP contribution in [0.2, 0.25) is 0 Å². The fraction of sp³-hybridized carbons (Fsp3) is 0.600. The lowest BCUT2D eigenvalue weighted by molar-refractivity contribution is 0.585. The van der Waals surface area contributed by atoms with Crippen LogP contribution in [0.1, 0.15) is 38.7 Å². The minimum atomic E-state index is -3.39. The molecule has 0 unspecified atom stereocenters. The van der Waals surface area contributed by atoms with Crippen LogP contribution in [0.25, 0.3) is 0 Å². The highest BCUT2D eigenvalue weighted by molar-refractivity contribution is 7.93. The molecule has 1 heterocycles. The van der Waals surface area contributed by atoms with Crippen molar-refractivity contribution in [1.82, 2.24) is 0 Å². The van der Waals surface area contributed by atoms with Gasteiger partial charge in [-0.1, -0.05) is 19.9 Å². The Balaban J connectivity index is 2.36. The smallest absolute Gasteiger partial charge is 0.235 e. The number of nitrogens with one attached hydrogen (secondary N) is 1. The van der Waals surface area contributed by atoms with Crippen LogP contribution in [0.5, 0.6) is 0 Å². The number of nitrogens with zero attached hydrogens (tertiary/aromatic N) is 1. The van der Waals surface area contributed by atoms with Crippen molar-refractivity contribution >= 4 is 31.4 Å². The van der Waals surface area contributed by atoms with E-state index in [2.05, 4.69) is 4.72 Å². The quantitative estimate of drug-likeness (QED) is 0.809. The molecule has 0 atom stereocenters. The summed E-state index contributed by atoms with van der Waals surface area (Å²) in [5.74, 6) is 0.139. The van der Waals surface area contributed by atoms with E-state index in [1.165, 1.54) is 4.31 Å². The van der Waals surface area contributed by atoms with Crippen LogP contribution in [0.4, 0.5) is 11.4 Å². The first kappa shape index (κ1) is 18.1. The van der Waals surface area contributed by atoms with Crippen LogP contribution < -0.4 is 9.03 Å². The summed E-state index contributed by atoms with van der Waals surface area (Å²) in [5.41, 5.74) is 1.95. The third kappa shape index (κ3) is 4.38. The zero-order chi connectivity index (χ0) is 17.1. The summed E-state index contributed by atoms with van der Waals surface area (Å²) in [6, 6.07) is 5.14. The van der Waals surface area contributed by atoms with Gasteiger partial charge >= 0.3 is 0 Å². The molecule has 0 aromatic heterocycles. The molecule has 1 aliphatic heterocycles. The van der Waals surface area contributed by atoms with E-state index in [9.17, 15) is 16.8 Å². The molecule has 1 aliphatic rings. The molecule has 0 radical (unpaired) electrons. The van der Waals surface area contributed by atoms with Crippen molar-refractivity contribution in [3.05, 3.63) is 23.8 Å². The Morgan fingerprint density at radius 1 is 1.09 bits per heavy atom. The number of hydrogen-bond donors (Lipinski definition) is 1. The first-order valence-corrected chi connectivity index (χ1v) is 11.2. The lowest BCUT2D eigenvalue weighted by Crippen LogP contribution is -2.37. The van der Waals surface area contributed by atoms with Gasteiger partial charge in [-0.3, -0.25) is 9.03 Å². The molecular weight excluding hydrogens is 336 g/mol. The SMILES string of the molecule is CCCS(=O)(=O)Nc1ccc2c(c1)N(S(=O)(=O)CCC)CCC2. The number of hydrogen-bond acceptors (Lipinski definition) is 4. The van der Waals surface area contributed by atoms with E-state index in [1.54, 1.807) is 19.1 Å². The zero-order valence-electron chi connectivity index (χ0n) is 13.6. The maximum atomic E-state index is 12.4. The van der Waals surface area contributed by atoms with Crippen molar-refractivity contribution in [2.45, 2.75) is 39.5 Å². The van der Waals surface area contributed by atoms with Crippen molar-refractivity contribution in [3.63, 3.8) is 0 Å². The maximum Gasteiger partial charge on any atom is 0.235 e. The van der Waals surface area contributed by atoms with E-state index in [-0.39, 0.29) is 11.5 Å². The minimum Gasteiger partial charge on any atom is -0.283 e. The molecule has 8 heteroatoms. The summed E-state index contributed by atoms with van der Waals surface area (Å²) in [6.07, 6.45) is 2.65. The number of rotatable bonds is 7. The molecule has 0 amide bonds. The molecule has 1 aromatic rings. The lowest BCUT2D eigenvalue weighted by Gasteiger charge is -2.31. The topological polar surface area (TPSA) is 83.6 Å². The van der Waals surface area contributed by atoms with Crippen LogP contribution in [-0.2, 0) is 26.5 Å². The molecule has 1 N–H and O–H groups in total. The van der Waals surface area contributed by atoms with Gasteiger partial charge in [-0.05, 0) is 43.4 Å². The van der Waals surface area contributed by atoms with Gasteiger partial charge in [-0.15, -0.1) is 0 Å². The van der Waals surface area contributed by atoms with Crippen LogP contribution in [-0.4, -0.2) is 34.9 Å². The van der Waals surface area contributed by atoms with E-state index in [0.29, 0.717) is 30.8 Å². The minimum absolute atomic E-state index is 0.0436. The first-order chi connectivity index (χ1) is 10.8. The number of anilines is 2. The van der Waals surface area contributed by atoms with Crippen molar-refractivity contribution < 1.29 is 16.8 Å². The van der Waals surface area contributed by atoms with Crippen molar-refractivity contribution in [1.29, 1.82) is 0 Å². The first-order valence-electron chi connectivity index (χ1n) is 7.93. The Labute approximate surface area is 139 Å². The molecule has 0 fully saturated rings. The van der Waals surface area contributed by atoms with Gasteiger partial charge in [0.15, 0.2) is 0 Å². The van der Waals surface area contributed by atoms with Crippen molar-refractivity contribution in [3.8, 4) is 0 Å². The fourth-order valence-corrected chi connectivity index (χ4v) is 5.50. The third-order valence-electron chi connectivity index (χ3n) is 3.71. The van der Waals surface area contributed by atoms with Gasteiger partial charge in [0.2, 0.25) is 20.0 Å². The normalized spacial score (nSPS) is 15.3. The zero-order valence-corrected chi connectivity index (χ0v) is 15.2. The monoisotopic (exact) mass is 360 g/mol. The Morgan fingerprint density at radius 3 is 2.43 bits per heavy atom. The van der Waals surface area contributed by atoms with E-state index in [0.717, 1.165) is 18.4 Å². The number of fused-ring (bicyclic) bond motifs is 1. The predicted molar refractivity (Wildman–Crippen MR) is 93.9 cm³/mol. The highest BCUT2D eigenvalue weighted by atomic mass is 32.2. The molecule has 130 valence electrons. The summed E-state index contributed by atoms with van der Waals surface area (Å²) in [5, 5.41) is 0. The maximum absolute atomic E-state index is 12.4. The highest BCUT2D eigenvalue weighted by Gasteiger charge is 2.27. The largest absolute Gasteiger partial charge is 0.283 e. The van der Waals surface area contributed by atoms with Crippen molar-refractivity contribution in [2.75, 3.05) is 27.1 Å². The Hall–Kier alpha value is -1.28. The summed E-state index contributed by atoms with van der Waals surface area (Å²) in [7, 11) is -6.75. The van der Waals surface area contributed by atoms with Crippen LogP contribution in [0, 0.1) is 0 Å². The lowest BCUT2D eigenvalue weighted by atomic mass is 10.0. The van der Waals surface area contributed by atoms with E-state index >= 15 is 0 Å². The van der Waals surface area contributed by atoms with E-state index in [4.69, 9.17) is 0 Å². The summed E-state index contributed by atoms with van der Waals surface area (Å²) in [4.78, 5) is 0. The summed E-state index contributed by atoms with van der Waals surface area (Å²) >= 11 is 0. The molecule has 0 saturated heterocycles. The van der Waals surface area contributed by atoms with E-state index < -0.39 is 20.0 Å². The standard InChI is InChI=1S/C15H24N2O4S2/c1-3-10-22(18,19)16-14-8-7-13-6-5-9-17(15(13)12-14)23(20,21)11-4-2/h7-8,12,16H,3-6,9-11H2,1-2H3. The van der Waals surface area contributed by atoms with Crippen LogP contribution in [0.3, 0.4) is 0 Å². The number of benzene rings is 1. The summed E-state index contributed by atoms with van der Waals surface area (Å²) in [6.45, 7) is 4.07. The second kappa shape index (κ2) is 7.09. The second-order valence-corrected chi connectivity index (χ2v) is 9.61. The van der Waals surface area contributed by atoms with Crippen LogP contribution in [0.15, 0.2) is 18.2 Å². The van der Waals surface area contributed by atoms with Gasteiger partial charge in [0.05, 0.1) is 22.9 Å². The molecule has 2 rings (SSSR count). The molecular formula is C15H24N2O4S2. The van der Waals surface area contributed by atoms with Gasteiger partial charge < -0.3 is 0 Å². The molecule has 23 heavy (non-hydrogen) atoms. The van der Waals surface area contributed by atoms with Crippen LogP contribution >= 0.6 is 0 Å². The molecule has 0 bridgehead atoms. The fourth-order valence-electron chi connectivity index (χ4n) is 2.76. The van der Waals surface area contributed by atoms with Gasteiger partial charge in [0.1, 0.15) is 0 Å². The number of aryl methyl sites for hydroxylation is 1. The highest BCUT2D eigenvalue weighted by Crippen LogP contribution is 2.32. The molecule has 0 spiro atoms. The van der Waals surface area contributed by atoms with Gasteiger partial charge in [-0.2, -0.15) is 0 Å². The van der Waals surface area contributed by atoms with Crippen molar-refractivity contribution in [2.24, 2.45) is 0 Å². The number of sulfonamides is 2. The van der Waals surface area contributed by atoms with Gasteiger partial charge in [-0.25, -0.2) is 16.8 Å². The Kier molecular flexibility index (Phi) is 5.57.